The summed E-state index contributed by atoms with van der Waals surface area (Å²) >= 11 is 1.64. The molecule has 0 saturated heterocycles. The second-order valence-electron chi connectivity index (χ2n) is 5.89. The van der Waals surface area contributed by atoms with Crippen LogP contribution in [0.2, 0.25) is 0 Å². The highest BCUT2D eigenvalue weighted by molar-refractivity contribution is 7.09. The molecule has 0 radical (unpaired) electrons. The predicted octanol–water partition coefficient (Wildman–Crippen LogP) is 2.50. The van der Waals surface area contributed by atoms with E-state index in [1.54, 1.807) is 30.6 Å². The minimum Gasteiger partial charge on any atom is -0.497 e. The molecule has 1 aromatic heterocycles. The standard InChI is InChI=1S/C18H21N3O3S/c1-3-17-20-11(10-25-17)6-7-19-18(23)14-9-16(22)21-15-5-4-12(24-2)8-13(14)15/h4-5,8,10,14H,3,6-7,9H2,1-2H3,(H,19,23)(H,21,22)/t14-/m1/s1. The Balaban J connectivity index is 1.66. The molecule has 0 spiro atoms. The SMILES string of the molecule is CCc1nc(CCNC(=O)[C@@H]2CC(=O)Nc3ccc(OC)cc32)cs1. The maximum absolute atomic E-state index is 12.6. The smallest absolute Gasteiger partial charge is 0.228 e. The molecule has 2 aromatic rings. The highest BCUT2D eigenvalue weighted by Crippen LogP contribution is 2.34. The van der Waals surface area contributed by atoms with E-state index in [0.717, 1.165) is 22.7 Å². The van der Waals surface area contributed by atoms with Gasteiger partial charge in [0, 0.05) is 30.5 Å². The van der Waals surface area contributed by atoms with Crippen molar-refractivity contribution in [3.8, 4) is 5.75 Å². The molecule has 25 heavy (non-hydrogen) atoms. The monoisotopic (exact) mass is 359 g/mol. The first-order chi connectivity index (χ1) is 12.1. The van der Waals surface area contributed by atoms with Crippen molar-refractivity contribution in [3.63, 3.8) is 0 Å². The third-order valence-corrected chi connectivity index (χ3v) is 5.24. The van der Waals surface area contributed by atoms with Gasteiger partial charge in [-0.1, -0.05) is 6.92 Å². The Morgan fingerprint density at radius 2 is 2.32 bits per heavy atom. The molecule has 3 rings (SSSR count). The normalized spacial score (nSPS) is 16.1. The fourth-order valence-electron chi connectivity index (χ4n) is 2.86. The van der Waals surface area contributed by atoms with Crippen LogP contribution in [0.25, 0.3) is 0 Å². The van der Waals surface area contributed by atoms with Crippen molar-refractivity contribution in [2.24, 2.45) is 0 Å². The molecule has 0 unspecified atom stereocenters. The Bertz CT molecular complexity index is 788. The number of methoxy groups -OCH3 is 1. The predicted molar refractivity (Wildman–Crippen MR) is 97.2 cm³/mol. The molecule has 132 valence electrons. The Morgan fingerprint density at radius 3 is 3.04 bits per heavy atom. The fourth-order valence-corrected chi connectivity index (χ4v) is 3.64. The van der Waals surface area contributed by atoms with Crippen LogP contribution in [0.5, 0.6) is 5.75 Å². The number of rotatable bonds is 6. The van der Waals surface area contributed by atoms with Crippen LogP contribution in [-0.2, 0) is 22.4 Å². The number of amides is 2. The van der Waals surface area contributed by atoms with Crippen molar-refractivity contribution in [2.75, 3.05) is 19.0 Å². The van der Waals surface area contributed by atoms with Gasteiger partial charge in [0.25, 0.3) is 0 Å². The van der Waals surface area contributed by atoms with Gasteiger partial charge in [-0.15, -0.1) is 11.3 Å². The van der Waals surface area contributed by atoms with Crippen molar-refractivity contribution in [1.82, 2.24) is 10.3 Å². The van der Waals surface area contributed by atoms with Gasteiger partial charge in [-0.2, -0.15) is 0 Å². The summed E-state index contributed by atoms with van der Waals surface area (Å²) in [5.74, 6) is -0.122. The molecule has 0 fully saturated rings. The summed E-state index contributed by atoms with van der Waals surface area (Å²) in [6, 6.07) is 5.35. The number of benzene rings is 1. The number of hydrogen-bond acceptors (Lipinski definition) is 5. The Hall–Kier alpha value is -2.41. The lowest BCUT2D eigenvalue weighted by Gasteiger charge is -2.25. The third-order valence-electron chi connectivity index (χ3n) is 4.20. The zero-order valence-corrected chi connectivity index (χ0v) is 15.1. The molecule has 0 saturated carbocycles. The zero-order chi connectivity index (χ0) is 17.8. The summed E-state index contributed by atoms with van der Waals surface area (Å²) in [4.78, 5) is 29.0. The van der Waals surface area contributed by atoms with Gasteiger partial charge >= 0.3 is 0 Å². The van der Waals surface area contributed by atoms with Gasteiger partial charge in [-0.05, 0) is 30.2 Å². The van der Waals surface area contributed by atoms with Gasteiger partial charge < -0.3 is 15.4 Å². The van der Waals surface area contributed by atoms with E-state index in [-0.39, 0.29) is 18.2 Å². The number of thiazole rings is 1. The van der Waals surface area contributed by atoms with Gasteiger partial charge in [0.1, 0.15) is 5.75 Å². The van der Waals surface area contributed by atoms with E-state index in [2.05, 4.69) is 22.5 Å². The van der Waals surface area contributed by atoms with Crippen molar-refractivity contribution < 1.29 is 14.3 Å². The number of anilines is 1. The minimum atomic E-state index is -0.500. The van der Waals surface area contributed by atoms with Gasteiger partial charge in [0.15, 0.2) is 0 Å². The second-order valence-corrected chi connectivity index (χ2v) is 6.83. The van der Waals surface area contributed by atoms with E-state index in [0.29, 0.717) is 24.4 Å². The molecule has 1 atom stereocenters. The number of nitrogens with one attached hydrogen (secondary N) is 2. The van der Waals surface area contributed by atoms with Gasteiger partial charge in [-0.25, -0.2) is 4.98 Å². The highest BCUT2D eigenvalue weighted by atomic mass is 32.1. The summed E-state index contributed by atoms with van der Waals surface area (Å²) in [7, 11) is 1.58. The lowest BCUT2D eigenvalue weighted by atomic mass is 9.89. The van der Waals surface area contributed by atoms with Gasteiger partial charge in [0.2, 0.25) is 11.8 Å². The summed E-state index contributed by atoms with van der Waals surface area (Å²) in [5, 5.41) is 8.87. The summed E-state index contributed by atoms with van der Waals surface area (Å²) in [6.07, 6.45) is 1.75. The molecular weight excluding hydrogens is 338 g/mol. The van der Waals surface area contributed by atoms with Crippen LogP contribution < -0.4 is 15.4 Å². The molecular formula is C18H21N3O3S. The van der Waals surface area contributed by atoms with Crippen LogP contribution in [0.1, 0.15) is 35.5 Å². The van der Waals surface area contributed by atoms with Crippen molar-refractivity contribution in [2.45, 2.75) is 32.1 Å². The highest BCUT2D eigenvalue weighted by Gasteiger charge is 2.30. The lowest BCUT2D eigenvalue weighted by molar-refractivity contribution is -0.126. The summed E-state index contributed by atoms with van der Waals surface area (Å²) < 4.78 is 5.24. The number of hydrogen-bond donors (Lipinski definition) is 2. The Morgan fingerprint density at radius 1 is 1.48 bits per heavy atom. The van der Waals surface area contributed by atoms with Crippen molar-refractivity contribution >= 4 is 28.8 Å². The van der Waals surface area contributed by atoms with Crippen LogP contribution in [0, 0.1) is 0 Å². The third kappa shape index (κ3) is 3.99. The number of carbonyl (C=O) groups excluding carboxylic acids is 2. The average molecular weight is 359 g/mol. The van der Waals surface area contributed by atoms with Gasteiger partial charge in [-0.3, -0.25) is 9.59 Å². The maximum Gasteiger partial charge on any atom is 0.228 e. The zero-order valence-electron chi connectivity index (χ0n) is 14.3. The quantitative estimate of drug-likeness (QED) is 0.830. The van der Waals surface area contributed by atoms with E-state index in [1.807, 2.05) is 11.4 Å². The van der Waals surface area contributed by atoms with Crippen molar-refractivity contribution in [1.29, 1.82) is 0 Å². The topological polar surface area (TPSA) is 80.3 Å². The second kappa shape index (κ2) is 7.65. The number of nitrogens with zero attached hydrogens (tertiary/aromatic N) is 1. The maximum atomic E-state index is 12.6. The first-order valence-electron chi connectivity index (χ1n) is 8.29. The first-order valence-corrected chi connectivity index (χ1v) is 9.17. The molecule has 1 aliphatic heterocycles. The fraction of sp³-hybridized carbons (Fsp3) is 0.389. The van der Waals surface area contributed by atoms with E-state index >= 15 is 0 Å². The number of aryl methyl sites for hydroxylation is 1. The molecule has 1 aromatic carbocycles. The van der Waals surface area contributed by atoms with Crippen LogP contribution in [0.4, 0.5) is 5.69 Å². The first kappa shape index (κ1) is 17.4. The molecule has 1 aliphatic rings. The van der Waals surface area contributed by atoms with Crippen LogP contribution in [0.15, 0.2) is 23.6 Å². The molecule has 2 heterocycles. The van der Waals surface area contributed by atoms with E-state index < -0.39 is 5.92 Å². The number of carbonyl (C=O) groups is 2. The van der Waals surface area contributed by atoms with Crippen LogP contribution in [-0.4, -0.2) is 30.5 Å². The number of aromatic nitrogens is 1. The number of fused-ring (bicyclic) bond motifs is 1. The molecule has 6 nitrogen and oxygen atoms in total. The average Bonchev–Trinajstić information content (AvgIpc) is 3.08. The molecule has 2 N–H and O–H groups in total. The molecule has 0 aliphatic carbocycles. The number of ether oxygens (including phenoxy) is 1. The van der Waals surface area contributed by atoms with Crippen molar-refractivity contribution in [3.05, 3.63) is 39.8 Å². The van der Waals surface area contributed by atoms with E-state index in [9.17, 15) is 9.59 Å². The largest absolute Gasteiger partial charge is 0.497 e. The van der Waals surface area contributed by atoms with E-state index in [4.69, 9.17) is 4.74 Å². The minimum absolute atomic E-state index is 0.142. The molecule has 2 amide bonds. The molecule has 0 bridgehead atoms. The summed E-state index contributed by atoms with van der Waals surface area (Å²) in [6.45, 7) is 2.58. The lowest BCUT2D eigenvalue weighted by Crippen LogP contribution is -2.36. The summed E-state index contributed by atoms with van der Waals surface area (Å²) in [5.41, 5.74) is 2.45. The Labute approximate surface area is 150 Å². The van der Waals surface area contributed by atoms with Gasteiger partial charge in [0.05, 0.1) is 23.7 Å². The van der Waals surface area contributed by atoms with E-state index in [1.165, 1.54) is 0 Å². The molecule has 7 heteroatoms. The Kier molecular flexibility index (Phi) is 5.33. The van der Waals surface area contributed by atoms with Crippen LogP contribution >= 0.6 is 11.3 Å². The van der Waals surface area contributed by atoms with Crippen LogP contribution in [0.3, 0.4) is 0 Å².